The molecule has 0 fully saturated rings. The summed E-state index contributed by atoms with van der Waals surface area (Å²) in [5, 5.41) is 1.22. The molecule has 1 unspecified atom stereocenters. The lowest BCUT2D eigenvalue weighted by Crippen LogP contribution is -2.39. The van der Waals surface area contributed by atoms with Crippen molar-refractivity contribution in [2.24, 2.45) is 5.73 Å². The Morgan fingerprint density at radius 1 is 1.24 bits per heavy atom. The number of carbonyl (C=O) groups excluding carboxylic acids is 2. The lowest BCUT2D eigenvalue weighted by atomic mass is 9.98. The molecule has 3 N–H and O–H groups in total. The third-order valence-electron chi connectivity index (χ3n) is 4.86. The molecule has 1 atom stereocenters. The highest BCUT2D eigenvalue weighted by atomic mass is 16.2. The van der Waals surface area contributed by atoms with Gasteiger partial charge in [0.15, 0.2) is 0 Å². The van der Waals surface area contributed by atoms with E-state index >= 15 is 0 Å². The summed E-state index contributed by atoms with van der Waals surface area (Å²) in [5.41, 5.74) is 9.28. The summed E-state index contributed by atoms with van der Waals surface area (Å²) < 4.78 is 0. The van der Waals surface area contributed by atoms with Crippen LogP contribution in [0.1, 0.15) is 45.1 Å². The molecular weight excluding hydrogens is 316 g/mol. The Bertz CT molecular complexity index is 975. The highest BCUT2D eigenvalue weighted by molar-refractivity contribution is 5.96. The van der Waals surface area contributed by atoms with Crippen LogP contribution in [0.4, 0.5) is 0 Å². The molecule has 4 rings (SSSR count). The van der Waals surface area contributed by atoms with Crippen molar-refractivity contribution in [2.45, 2.75) is 19.4 Å². The van der Waals surface area contributed by atoms with Crippen molar-refractivity contribution in [3.05, 3.63) is 65.1 Å². The zero-order valence-corrected chi connectivity index (χ0v) is 13.8. The molecule has 2 aromatic heterocycles. The number of para-hydroxylation sites is 1. The van der Waals surface area contributed by atoms with E-state index in [0.717, 1.165) is 17.6 Å². The molecule has 25 heavy (non-hydrogen) atoms. The van der Waals surface area contributed by atoms with Crippen LogP contribution in [0, 0.1) is 0 Å². The van der Waals surface area contributed by atoms with E-state index in [4.69, 9.17) is 5.73 Å². The number of benzene rings is 1. The number of hydrogen-bond acceptors (Lipinski definition) is 3. The van der Waals surface area contributed by atoms with Crippen molar-refractivity contribution in [3.63, 3.8) is 0 Å². The van der Waals surface area contributed by atoms with Gasteiger partial charge in [-0.05, 0) is 37.1 Å². The predicted molar refractivity (Wildman–Crippen MR) is 94.2 cm³/mol. The van der Waals surface area contributed by atoms with Crippen LogP contribution in [0.5, 0.6) is 0 Å². The number of amides is 2. The van der Waals surface area contributed by atoms with Gasteiger partial charge in [-0.15, -0.1) is 0 Å². The summed E-state index contributed by atoms with van der Waals surface area (Å²) in [6.45, 7) is 2.65. The van der Waals surface area contributed by atoms with Crippen LogP contribution < -0.4 is 5.73 Å². The third kappa shape index (κ3) is 2.46. The molecule has 0 spiro atoms. The first kappa shape index (κ1) is 15.4. The molecule has 0 radical (unpaired) electrons. The average Bonchev–Trinajstić information content (AvgIpc) is 3.01. The maximum atomic E-state index is 12.8. The van der Waals surface area contributed by atoms with Gasteiger partial charge >= 0.3 is 0 Å². The number of rotatable bonds is 2. The zero-order chi connectivity index (χ0) is 17.6. The molecule has 0 saturated heterocycles. The molecule has 0 bridgehead atoms. The predicted octanol–water partition coefficient (Wildman–Crippen LogP) is 2.42. The first-order chi connectivity index (χ1) is 12.1. The normalized spacial score (nSPS) is 16.7. The average molecular weight is 334 g/mol. The van der Waals surface area contributed by atoms with Gasteiger partial charge in [0.05, 0.1) is 11.6 Å². The minimum absolute atomic E-state index is 0.0683. The van der Waals surface area contributed by atoms with E-state index in [-0.39, 0.29) is 11.9 Å². The maximum absolute atomic E-state index is 12.8. The quantitative estimate of drug-likeness (QED) is 0.754. The second kappa shape index (κ2) is 5.73. The Labute approximate surface area is 144 Å². The summed E-state index contributed by atoms with van der Waals surface area (Å²) in [7, 11) is 0. The van der Waals surface area contributed by atoms with Crippen LogP contribution >= 0.6 is 0 Å². The molecular formula is C19H18N4O2. The lowest BCUT2D eigenvalue weighted by molar-refractivity contribution is 0.0668. The minimum atomic E-state index is -0.555. The van der Waals surface area contributed by atoms with Crippen LogP contribution in [-0.4, -0.2) is 33.2 Å². The number of fused-ring (bicyclic) bond motifs is 3. The smallest absolute Gasteiger partial charge is 0.273 e. The summed E-state index contributed by atoms with van der Waals surface area (Å²) in [6.07, 6.45) is 2.15. The number of aromatic amines is 1. The highest BCUT2D eigenvalue weighted by Gasteiger charge is 2.31. The van der Waals surface area contributed by atoms with Crippen molar-refractivity contribution >= 4 is 22.7 Å². The first-order valence-electron chi connectivity index (χ1n) is 8.22. The van der Waals surface area contributed by atoms with E-state index in [1.807, 2.05) is 24.0 Å². The van der Waals surface area contributed by atoms with Crippen LogP contribution in [0.2, 0.25) is 0 Å². The maximum Gasteiger partial charge on any atom is 0.273 e. The van der Waals surface area contributed by atoms with E-state index in [2.05, 4.69) is 22.1 Å². The van der Waals surface area contributed by atoms with Gasteiger partial charge in [-0.1, -0.05) is 18.2 Å². The van der Waals surface area contributed by atoms with Crippen LogP contribution in [0.25, 0.3) is 10.9 Å². The largest absolute Gasteiger partial charge is 0.366 e. The molecule has 6 heteroatoms. The Balaban J connectivity index is 1.65. The van der Waals surface area contributed by atoms with Crippen molar-refractivity contribution in [2.75, 3.05) is 6.54 Å². The molecule has 2 amide bonds. The lowest BCUT2D eigenvalue weighted by Gasteiger charge is -2.33. The van der Waals surface area contributed by atoms with E-state index in [9.17, 15) is 9.59 Å². The molecule has 0 saturated carbocycles. The van der Waals surface area contributed by atoms with Gasteiger partial charge in [-0.3, -0.25) is 14.6 Å². The summed E-state index contributed by atoms with van der Waals surface area (Å²) in [5.74, 6) is -0.701. The van der Waals surface area contributed by atoms with Gasteiger partial charge in [0.25, 0.3) is 5.91 Å². The second-order valence-corrected chi connectivity index (χ2v) is 6.28. The highest BCUT2D eigenvalue weighted by Crippen LogP contribution is 2.34. The molecule has 6 nitrogen and oxygen atoms in total. The molecule has 1 aliphatic heterocycles. The van der Waals surface area contributed by atoms with Crippen LogP contribution in [-0.2, 0) is 6.42 Å². The van der Waals surface area contributed by atoms with Gasteiger partial charge in [0, 0.05) is 29.3 Å². The van der Waals surface area contributed by atoms with Crippen molar-refractivity contribution in [3.8, 4) is 0 Å². The number of pyridine rings is 1. The number of H-pyrrole nitrogens is 1. The number of aromatic nitrogens is 2. The summed E-state index contributed by atoms with van der Waals surface area (Å²) in [6, 6.07) is 11.2. The van der Waals surface area contributed by atoms with E-state index in [0.29, 0.717) is 17.8 Å². The van der Waals surface area contributed by atoms with Crippen LogP contribution in [0.15, 0.2) is 42.6 Å². The molecule has 126 valence electrons. The summed E-state index contributed by atoms with van der Waals surface area (Å²) >= 11 is 0. The van der Waals surface area contributed by atoms with E-state index in [1.54, 1.807) is 6.07 Å². The van der Waals surface area contributed by atoms with E-state index < -0.39 is 5.91 Å². The van der Waals surface area contributed by atoms with Gasteiger partial charge in [-0.2, -0.15) is 0 Å². The van der Waals surface area contributed by atoms with Gasteiger partial charge in [0.1, 0.15) is 5.69 Å². The Morgan fingerprint density at radius 2 is 2.04 bits per heavy atom. The Kier molecular flexibility index (Phi) is 3.53. The fourth-order valence-corrected chi connectivity index (χ4v) is 3.52. The number of nitrogens with zero attached hydrogens (tertiary/aromatic N) is 2. The number of hydrogen-bond donors (Lipinski definition) is 2. The number of nitrogens with one attached hydrogen (secondary N) is 1. The fourth-order valence-electron chi connectivity index (χ4n) is 3.52. The molecule has 3 heterocycles. The van der Waals surface area contributed by atoms with Crippen molar-refractivity contribution in [1.29, 1.82) is 0 Å². The standard InChI is InChI=1S/C19H18N4O2/c1-11-17-14(13-4-2-3-5-15(13)22-17)8-9-23(11)19(25)16-7-6-12(10-21-16)18(20)24/h2-7,10-11,22H,8-9H2,1H3,(H2,20,24). The second-order valence-electron chi connectivity index (χ2n) is 6.28. The van der Waals surface area contributed by atoms with E-state index in [1.165, 1.54) is 23.2 Å². The first-order valence-corrected chi connectivity index (χ1v) is 8.22. The van der Waals surface area contributed by atoms with Crippen LogP contribution in [0.3, 0.4) is 0 Å². The Morgan fingerprint density at radius 3 is 2.76 bits per heavy atom. The molecule has 1 aliphatic rings. The zero-order valence-electron chi connectivity index (χ0n) is 13.8. The summed E-state index contributed by atoms with van der Waals surface area (Å²) in [4.78, 5) is 33.4. The number of carbonyl (C=O) groups is 2. The van der Waals surface area contributed by atoms with Gasteiger partial charge < -0.3 is 15.6 Å². The number of primary amides is 1. The molecule has 0 aliphatic carbocycles. The monoisotopic (exact) mass is 334 g/mol. The molecule has 1 aromatic carbocycles. The SMILES string of the molecule is CC1c2[nH]c3ccccc3c2CCN1C(=O)c1ccc(C(N)=O)cn1. The molecule has 3 aromatic rings. The number of nitrogens with two attached hydrogens (primary N) is 1. The third-order valence-corrected chi connectivity index (χ3v) is 4.86. The Hall–Kier alpha value is -3.15. The fraction of sp³-hybridized carbons (Fsp3) is 0.211. The minimum Gasteiger partial charge on any atom is -0.366 e. The van der Waals surface area contributed by atoms with Crippen molar-refractivity contribution in [1.82, 2.24) is 14.9 Å². The van der Waals surface area contributed by atoms with Crippen molar-refractivity contribution < 1.29 is 9.59 Å². The topological polar surface area (TPSA) is 92.1 Å². The van der Waals surface area contributed by atoms with Gasteiger partial charge in [0.2, 0.25) is 5.91 Å². The van der Waals surface area contributed by atoms with Gasteiger partial charge in [-0.25, -0.2) is 0 Å².